The summed E-state index contributed by atoms with van der Waals surface area (Å²) in [6.45, 7) is 5.14. The van der Waals surface area contributed by atoms with Crippen LogP contribution in [0, 0.1) is 0 Å². The summed E-state index contributed by atoms with van der Waals surface area (Å²) in [4.78, 5) is 0. The molecule has 0 aliphatic carbocycles. The van der Waals surface area contributed by atoms with Crippen LogP contribution in [0.4, 0.5) is 0 Å². The summed E-state index contributed by atoms with van der Waals surface area (Å²) in [5.74, 6) is -0.153. The number of para-hydroxylation sites is 2. The van der Waals surface area contributed by atoms with Gasteiger partial charge < -0.3 is 32.3 Å². The van der Waals surface area contributed by atoms with Crippen LogP contribution >= 0.6 is 0 Å². The molecule has 6 heteroatoms. The number of phenols is 2. The number of aromatic hydroxyl groups is 2. The van der Waals surface area contributed by atoms with Gasteiger partial charge in [0.2, 0.25) is 0 Å². The predicted octanol–water partition coefficient (Wildman–Crippen LogP) is -0.819. The Morgan fingerprint density at radius 2 is 1.17 bits per heavy atom. The minimum absolute atomic E-state index is 0.0764. The van der Waals surface area contributed by atoms with E-state index >= 15 is 0 Å². The molecular formula is C12H24N4O2. The van der Waals surface area contributed by atoms with Crippen LogP contribution in [0.5, 0.6) is 11.5 Å². The SMILES string of the molecule is NCCNCCNCCN.Oc1ccccc1O. The van der Waals surface area contributed by atoms with E-state index in [1.54, 1.807) is 12.1 Å². The van der Waals surface area contributed by atoms with Crippen molar-refractivity contribution >= 4 is 0 Å². The first-order valence-corrected chi connectivity index (χ1v) is 6.01. The number of nitrogens with one attached hydrogen (secondary N) is 2. The summed E-state index contributed by atoms with van der Waals surface area (Å²) in [6.07, 6.45) is 0. The summed E-state index contributed by atoms with van der Waals surface area (Å²) < 4.78 is 0. The molecule has 0 radical (unpaired) electrons. The molecule has 0 bridgehead atoms. The molecule has 0 fully saturated rings. The molecule has 0 aliphatic rings. The van der Waals surface area contributed by atoms with Crippen LogP contribution in [0.15, 0.2) is 24.3 Å². The quantitative estimate of drug-likeness (QED) is 0.280. The monoisotopic (exact) mass is 256 g/mol. The van der Waals surface area contributed by atoms with Crippen LogP contribution in [0.25, 0.3) is 0 Å². The highest BCUT2D eigenvalue weighted by Gasteiger charge is 1.90. The third-order valence-electron chi connectivity index (χ3n) is 2.00. The van der Waals surface area contributed by atoms with Gasteiger partial charge >= 0.3 is 0 Å². The molecule has 0 aromatic heterocycles. The molecule has 8 N–H and O–H groups in total. The van der Waals surface area contributed by atoms with Gasteiger partial charge in [-0.3, -0.25) is 0 Å². The normalized spacial score (nSPS) is 9.67. The van der Waals surface area contributed by atoms with Gasteiger partial charge in [-0.05, 0) is 12.1 Å². The number of phenolic OH excluding ortho intramolecular Hbond substituents is 2. The van der Waals surface area contributed by atoms with Gasteiger partial charge in [-0.1, -0.05) is 12.1 Å². The molecule has 104 valence electrons. The average molecular weight is 256 g/mol. The third kappa shape index (κ3) is 9.86. The largest absolute Gasteiger partial charge is 0.504 e. The highest BCUT2D eigenvalue weighted by atomic mass is 16.3. The van der Waals surface area contributed by atoms with Gasteiger partial charge in [-0.25, -0.2) is 0 Å². The fourth-order valence-electron chi connectivity index (χ4n) is 1.10. The molecule has 1 rings (SSSR count). The molecule has 1 aromatic carbocycles. The minimum atomic E-state index is -0.0764. The van der Waals surface area contributed by atoms with Gasteiger partial charge in [-0.15, -0.1) is 0 Å². The molecule has 0 aliphatic heterocycles. The Hall–Kier alpha value is -1.34. The van der Waals surface area contributed by atoms with Crippen molar-refractivity contribution < 1.29 is 10.2 Å². The molecule has 0 saturated heterocycles. The van der Waals surface area contributed by atoms with Crippen molar-refractivity contribution in [1.29, 1.82) is 0 Å². The Kier molecular flexibility index (Phi) is 11.2. The smallest absolute Gasteiger partial charge is 0.157 e. The van der Waals surface area contributed by atoms with Gasteiger partial charge in [0.15, 0.2) is 11.5 Å². The van der Waals surface area contributed by atoms with Crippen LogP contribution < -0.4 is 22.1 Å². The topological polar surface area (TPSA) is 117 Å². The van der Waals surface area contributed by atoms with Crippen LogP contribution in [0.3, 0.4) is 0 Å². The van der Waals surface area contributed by atoms with E-state index in [9.17, 15) is 0 Å². The maximum Gasteiger partial charge on any atom is 0.157 e. The molecule has 0 amide bonds. The van der Waals surface area contributed by atoms with Crippen molar-refractivity contribution in [1.82, 2.24) is 10.6 Å². The predicted molar refractivity (Wildman–Crippen MR) is 73.6 cm³/mol. The lowest BCUT2D eigenvalue weighted by molar-refractivity contribution is 0.404. The minimum Gasteiger partial charge on any atom is -0.504 e. The highest BCUT2D eigenvalue weighted by Crippen LogP contribution is 2.21. The van der Waals surface area contributed by atoms with Crippen molar-refractivity contribution in [3.8, 4) is 11.5 Å². The van der Waals surface area contributed by atoms with E-state index in [-0.39, 0.29) is 11.5 Å². The van der Waals surface area contributed by atoms with Crippen LogP contribution in [-0.2, 0) is 0 Å². The van der Waals surface area contributed by atoms with E-state index in [0.717, 1.165) is 26.2 Å². The average Bonchev–Trinajstić information content (AvgIpc) is 2.38. The summed E-state index contributed by atoms with van der Waals surface area (Å²) in [5, 5.41) is 23.7. The maximum absolute atomic E-state index is 8.67. The summed E-state index contributed by atoms with van der Waals surface area (Å²) in [6, 6.07) is 6.15. The van der Waals surface area contributed by atoms with Crippen molar-refractivity contribution in [3.05, 3.63) is 24.3 Å². The van der Waals surface area contributed by atoms with Crippen molar-refractivity contribution in [2.24, 2.45) is 11.5 Å². The Morgan fingerprint density at radius 3 is 1.44 bits per heavy atom. The second-order valence-electron chi connectivity index (χ2n) is 3.57. The third-order valence-corrected chi connectivity index (χ3v) is 2.00. The zero-order valence-electron chi connectivity index (χ0n) is 10.6. The van der Waals surface area contributed by atoms with Gasteiger partial charge in [0.05, 0.1) is 0 Å². The zero-order valence-corrected chi connectivity index (χ0v) is 10.6. The van der Waals surface area contributed by atoms with Crippen LogP contribution in [0.2, 0.25) is 0 Å². The Labute approximate surface area is 108 Å². The van der Waals surface area contributed by atoms with Crippen molar-refractivity contribution in [2.75, 3.05) is 39.3 Å². The maximum atomic E-state index is 8.67. The lowest BCUT2D eigenvalue weighted by Gasteiger charge is -2.03. The number of nitrogens with two attached hydrogens (primary N) is 2. The highest BCUT2D eigenvalue weighted by molar-refractivity contribution is 5.36. The fraction of sp³-hybridized carbons (Fsp3) is 0.500. The first kappa shape index (κ1) is 16.7. The van der Waals surface area contributed by atoms with Crippen LogP contribution in [0.1, 0.15) is 0 Å². The Balaban J connectivity index is 0.000000327. The van der Waals surface area contributed by atoms with Crippen molar-refractivity contribution in [3.63, 3.8) is 0 Å². The zero-order chi connectivity index (χ0) is 13.6. The Morgan fingerprint density at radius 1 is 0.778 bits per heavy atom. The number of benzene rings is 1. The van der Waals surface area contributed by atoms with Crippen LogP contribution in [-0.4, -0.2) is 49.5 Å². The van der Waals surface area contributed by atoms with Gasteiger partial charge in [0.25, 0.3) is 0 Å². The number of hydrogen-bond donors (Lipinski definition) is 6. The Bertz CT molecular complexity index is 268. The number of hydrogen-bond acceptors (Lipinski definition) is 6. The second-order valence-corrected chi connectivity index (χ2v) is 3.57. The molecule has 0 heterocycles. The molecule has 6 nitrogen and oxygen atoms in total. The summed E-state index contributed by atoms with van der Waals surface area (Å²) in [5.41, 5.74) is 10.5. The van der Waals surface area contributed by atoms with E-state index in [1.165, 1.54) is 12.1 Å². The van der Waals surface area contributed by atoms with Gasteiger partial charge in [0, 0.05) is 39.3 Å². The van der Waals surface area contributed by atoms with Crippen molar-refractivity contribution in [2.45, 2.75) is 0 Å². The van der Waals surface area contributed by atoms with E-state index < -0.39 is 0 Å². The molecule has 1 aromatic rings. The van der Waals surface area contributed by atoms with E-state index in [1.807, 2.05) is 0 Å². The van der Waals surface area contributed by atoms with E-state index in [2.05, 4.69) is 10.6 Å². The van der Waals surface area contributed by atoms with Gasteiger partial charge in [-0.2, -0.15) is 0 Å². The first-order chi connectivity index (χ1) is 8.72. The molecule has 18 heavy (non-hydrogen) atoms. The molecule has 0 saturated carbocycles. The lowest BCUT2D eigenvalue weighted by Crippen LogP contribution is -2.32. The lowest BCUT2D eigenvalue weighted by atomic mass is 10.3. The number of rotatable bonds is 7. The molecule has 0 spiro atoms. The molecule has 0 atom stereocenters. The standard InChI is InChI=1S/C6H18N4.C6H6O2/c7-1-3-9-5-6-10-4-2-8;7-5-3-1-2-4-6(5)8/h9-10H,1-8H2;1-4,7-8H. The summed E-state index contributed by atoms with van der Waals surface area (Å²) >= 11 is 0. The molecular weight excluding hydrogens is 232 g/mol. The van der Waals surface area contributed by atoms with Gasteiger partial charge in [0.1, 0.15) is 0 Å². The molecule has 0 unspecified atom stereocenters. The van der Waals surface area contributed by atoms with E-state index in [4.69, 9.17) is 21.7 Å². The second kappa shape index (κ2) is 12.1. The first-order valence-electron chi connectivity index (χ1n) is 6.01. The fourth-order valence-corrected chi connectivity index (χ4v) is 1.10. The summed E-state index contributed by atoms with van der Waals surface area (Å²) in [7, 11) is 0. The van der Waals surface area contributed by atoms with E-state index in [0.29, 0.717) is 13.1 Å².